The molecule has 5 heterocycles. The highest BCUT2D eigenvalue weighted by molar-refractivity contribution is 5.92. The molecule has 2 aromatic heterocycles. The quantitative estimate of drug-likeness (QED) is 0.342. The van der Waals surface area contributed by atoms with Gasteiger partial charge in [-0.2, -0.15) is 4.98 Å². The van der Waals surface area contributed by atoms with Crippen molar-refractivity contribution in [3.8, 4) is 17.0 Å². The summed E-state index contributed by atoms with van der Waals surface area (Å²) in [5.74, 6) is 1.07. The molecular formula is C29H29N7O2. The third-order valence-corrected chi connectivity index (χ3v) is 7.49. The Morgan fingerprint density at radius 3 is 2.50 bits per heavy atom. The van der Waals surface area contributed by atoms with Gasteiger partial charge in [0.05, 0.1) is 5.69 Å². The molecule has 2 bridgehead atoms. The van der Waals surface area contributed by atoms with Gasteiger partial charge in [-0.25, -0.2) is 4.98 Å². The Bertz CT molecular complexity index is 1450. The molecule has 3 saturated heterocycles. The molecule has 4 aromatic rings. The van der Waals surface area contributed by atoms with Gasteiger partial charge >= 0.3 is 0 Å². The zero-order valence-corrected chi connectivity index (χ0v) is 20.9. The number of piperidine rings is 3. The minimum Gasteiger partial charge on any atom is -0.486 e. The second kappa shape index (κ2) is 9.75. The van der Waals surface area contributed by atoms with Crippen molar-refractivity contribution >= 4 is 23.4 Å². The first kappa shape index (κ1) is 23.9. The van der Waals surface area contributed by atoms with E-state index in [1.165, 1.54) is 0 Å². The van der Waals surface area contributed by atoms with Crippen molar-refractivity contribution in [1.82, 2.24) is 19.9 Å². The SMILES string of the molecule is NC(=O)c1ncccc1C1CN2CCC1(Oc1ccc(Nc3cc(-c4ccccc4)nc(N)n3)cc1)CC2. The van der Waals surface area contributed by atoms with E-state index in [0.29, 0.717) is 11.5 Å². The Hall–Kier alpha value is -4.50. The summed E-state index contributed by atoms with van der Waals surface area (Å²) >= 11 is 0. The van der Waals surface area contributed by atoms with Gasteiger partial charge in [-0.3, -0.25) is 9.78 Å². The first-order chi connectivity index (χ1) is 18.5. The lowest BCUT2D eigenvalue weighted by molar-refractivity contribution is -0.0709. The van der Waals surface area contributed by atoms with E-state index < -0.39 is 11.5 Å². The van der Waals surface area contributed by atoms with Crippen molar-refractivity contribution < 1.29 is 9.53 Å². The zero-order valence-electron chi connectivity index (χ0n) is 20.9. The molecule has 7 rings (SSSR count). The molecule has 3 aliphatic heterocycles. The van der Waals surface area contributed by atoms with Gasteiger partial charge in [0, 0.05) is 61.9 Å². The van der Waals surface area contributed by atoms with Crippen molar-refractivity contribution in [1.29, 1.82) is 0 Å². The third kappa shape index (κ3) is 4.64. The Morgan fingerprint density at radius 1 is 1.00 bits per heavy atom. The van der Waals surface area contributed by atoms with Gasteiger partial charge < -0.3 is 26.4 Å². The molecule has 0 spiro atoms. The maximum absolute atomic E-state index is 12.1. The first-order valence-corrected chi connectivity index (χ1v) is 12.7. The number of rotatable bonds is 7. The van der Waals surface area contributed by atoms with E-state index in [9.17, 15) is 4.79 Å². The molecule has 9 nitrogen and oxygen atoms in total. The molecule has 0 saturated carbocycles. The van der Waals surface area contributed by atoms with Gasteiger partial charge in [0.25, 0.3) is 5.91 Å². The topological polar surface area (TPSA) is 132 Å². The van der Waals surface area contributed by atoms with Crippen LogP contribution < -0.4 is 21.5 Å². The molecule has 1 atom stereocenters. The molecule has 2 aromatic carbocycles. The number of nitrogens with zero attached hydrogens (tertiary/aromatic N) is 4. The monoisotopic (exact) mass is 507 g/mol. The predicted molar refractivity (Wildman–Crippen MR) is 146 cm³/mol. The normalized spacial score (nSPS) is 22.1. The molecule has 38 heavy (non-hydrogen) atoms. The predicted octanol–water partition coefficient (Wildman–Crippen LogP) is 3.97. The summed E-state index contributed by atoms with van der Waals surface area (Å²) in [5.41, 5.74) is 15.0. The van der Waals surface area contributed by atoms with E-state index in [1.54, 1.807) is 6.20 Å². The Balaban J connectivity index is 1.23. The van der Waals surface area contributed by atoms with Crippen LogP contribution >= 0.6 is 0 Å². The summed E-state index contributed by atoms with van der Waals surface area (Å²) in [7, 11) is 0. The number of fused-ring (bicyclic) bond motifs is 3. The fourth-order valence-corrected chi connectivity index (χ4v) is 5.62. The largest absolute Gasteiger partial charge is 0.486 e. The van der Waals surface area contributed by atoms with Gasteiger partial charge in [-0.1, -0.05) is 36.4 Å². The van der Waals surface area contributed by atoms with E-state index in [-0.39, 0.29) is 11.9 Å². The molecule has 5 N–H and O–H groups in total. The van der Waals surface area contributed by atoms with Crippen LogP contribution in [0.2, 0.25) is 0 Å². The summed E-state index contributed by atoms with van der Waals surface area (Å²) in [4.78, 5) is 27.5. The lowest BCUT2D eigenvalue weighted by Gasteiger charge is -2.53. The molecule has 3 fully saturated rings. The summed E-state index contributed by atoms with van der Waals surface area (Å²) in [5, 5.41) is 3.32. The highest BCUT2D eigenvalue weighted by Crippen LogP contribution is 2.46. The van der Waals surface area contributed by atoms with Gasteiger partial charge in [0.15, 0.2) is 0 Å². The van der Waals surface area contributed by atoms with E-state index >= 15 is 0 Å². The van der Waals surface area contributed by atoms with Crippen LogP contribution in [0, 0.1) is 0 Å². The van der Waals surface area contributed by atoms with E-state index in [2.05, 4.69) is 25.2 Å². The minimum absolute atomic E-state index is 0.000553. The number of nitrogens with two attached hydrogens (primary N) is 2. The summed E-state index contributed by atoms with van der Waals surface area (Å²) in [6.07, 6.45) is 3.35. The number of nitrogen functional groups attached to an aromatic ring is 1. The number of carbonyl (C=O) groups is 1. The summed E-state index contributed by atoms with van der Waals surface area (Å²) in [6.45, 7) is 2.73. The molecule has 0 aliphatic carbocycles. The highest BCUT2D eigenvalue weighted by atomic mass is 16.5. The maximum Gasteiger partial charge on any atom is 0.267 e. The molecular weight excluding hydrogens is 478 g/mol. The van der Waals surface area contributed by atoms with E-state index in [4.69, 9.17) is 16.2 Å². The number of aromatic nitrogens is 3. The summed E-state index contributed by atoms with van der Waals surface area (Å²) < 4.78 is 6.75. The van der Waals surface area contributed by atoms with Gasteiger partial charge in [-0.15, -0.1) is 0 Å². The lowest BCUT2D eigenvalue weighted by Crippen LogP contribution is -2.60. The molecule has 1 amide bonds. The minimum atomic E-state index is -0.511. The number of nitrogens with one attached hydrogen (secondary N) is 1. The van der Waals surface area contributed by atoms with Crippen molar-refractivity contribution in [2.45, 2.75) is 24.4 Å². The Kier molecular flexibility index (Phi) is 6.13. The van der Waals surface area contributed by atoms with Crippen molar-refractivity contribution in [3.05, 3.63) is 90.3 Å². The van der Waals surface area contributed by atoms with Crippen LogP contribution in [0.4, 0.5) is 17.5 Å². The smallest absolute Gasteiger partial charge is 0.267 e. The number of carbonyl (C=O) groups excluding carboxylic acids is 1. The van der Waals surface area contributed by atoms with Crippen LogP contribution in [0.25, 0.3) is 11.3 Å². The van der Waals surface area contributed by atoms with Crippen LogP contribution in [0.3, 0.4) is 0 Å². The van der Waals surface area contributed by atoms with Crippen LogP contribution in [-0.2, 0) is 0 Å². The maximum atomic E-state index is 12.1. The summed E-state index contributed by atoms with van der Waals surface area (Å²) in [6, 6.07) is 23.4. The molecule has 3 aliphatic rings. The van der Waals surface area contributed by atoms with Gasteiger partial charge in [-0.05, 0) is 35.9 Å². The first-order valence-electron chi connectivity index (χ1n) is 12.7. The van der Waals surface area contributed by atoms with Crippen molar-refractivity contribution in [3.63, 3.8) is 0 Å². The van der Waals surface area contributed by atoms with Crippen molar-refractivity contribution in [2.24, 2.45) is 5.73 Å². The number of amides is 1. The van der Waals surface area contributed by atoms with Gasteiger partial charge in [0.2, 0.25) is 5.95 Å². The number of anilines is 3. The van der Waals surface area contributed by atoms with Crippen molar-refractivity contribution in [2.75, 3.05) is 30.7 Å². The van der Waals surface area contributed by atoms with Crippen LogP contribution in [-0.4, -0.2) is 51.0 Å². The number of pyridine rings is 1. The fraction of sp³-hybridized carbons (Fsp3) is 0.241. The van der Waals surface area contributed by atoms with Crippen LogP contribution in [0.5, 0.6) is 5.75 Å². The second-order valence-corrected chi connectivity index (χ2v) is 9.84. The van der Waals surface area contributed by atoms with Gasteiger partial charge in [0.1, 0.15) is 22.9 Å². The average molecular weight is 508 g/mol. The number of hydrogen-bond acceptors (Lipinski definition) is 8. The molecule has 1 unspecified atom stereocenters. The van der Waals surface area contributed by atoms with E-state index in [0.717, 1.165) is 60.7 Å². The highest BCUT2D eigenvalue weighted by Gasteiger charge is 2.50. The van der Waals surface area contributed by atoms with E-state index in [1.807, 2.05) is 72.8 Å². The number of primary amides is 1. The Labute approximate surface area is 220 Å². The number of ether oxygens (including phenoxy) is 1. The average Bonchev–Trinajstić information content (AvgIpc) is 2.95. The molecule has 0 radical (unpaired) electrons. The van der Waals surface area contributed by atoms with Crippen LogP contribution in [0.1, 0.15) is 34.8 Å². The fourth-order valence-electron chi connectivity index (χ4n) is 5.62. The number of benzene rings is 2. The Morgan fingerprint density at radius 2 is 1.76 bits per heavy atom. The van der Waals surface area contributed by atoms with Crippen LogP contribution in [0.15, 0.2) is 79.0 Å². The lowest BCUT2D eigenvalue weighted by atomic mass is 9.71. The molecule has 192 valence electrons. The second-order valence-electron chi connectivity index (χ2n) is 9.84. The number of hydrogen-bond donors (Lipinski definition) is 3. The standard InChI is InChI=1S/C29H29N7O2/c30-27(37)26-22(7-4-14-32-26)23-18-36-15-12-29(23,13-16-36)38-21-10-8-20(9-11-21)33-25-17-24(34-28(31)35-25)19-5-2-1-3-6-19/h1-11,14,17,23H,12-13,15-16,18H2,(H2,30,37)(H3,31,33,34,35). The third-order valence-electron chi connectivity index (χ3n) is 7.49. The molecule has 9 heteroatoms. The zero-order chi connectivity index (χ0) is 26.1.